The Morgan fingerprint density at radius 2 is 2.13 bits per heavy atom. The third-order valence-electron chi connectivity index (χ3n) is 5.93. The van der Waals surface area contributed by atoms with Gasteiger partial charge in [-0.3, -0.25) is 5.10 Å². The summed E-state index contributed by atoms with van der Waals surface area (Å²) in [6.45, 7) is 1.03. The Hall–Kier alpha value is -3.30. The van der Waals surface area contributed by atoms with Gasteiger partial charge in [0.15, 0.2) is 5.65 Å². The molecule has 1 saturated heterocycles. The number of aryl methyl sites for hydroxylation is 1. The van der Waals surface area contributed by atoms with Gasteiger partial charge in [0.05, 0.1) is 23.5 Å². The summed E-state index contributed by atoms with van der Waals surface area (Å²) in [5.74, 6) is -2.82. The number of benzene rings is 1. The van der Waals surface area contributed by atoms with Crippen molar-refractivity contribution in [1.29, 1.82) is 0 Å². The van der Waals surface area contributed by atoms with E-state index in [1.165, 1.54) is 12.5 Å². The summed E-state index contributed by atoms with van der Waals surface area (Å²) in [6.07, 6.45) is 1.68. The molecule has 10 heteroatoms. The highest BCUT2D eigenvalue weighted by atomic mass is 19.3. The number of hydrogen-bond acceptors (Lipinski definition) is 5. The first-order valence-electron chi connectivity index (χ1n) is 9.59. The fraction of sp³-hybridized carbons (Fsp3) is 0.400. The molecule has 1 unspecified atom stereocenters. The Bertz CT molecular complexity index is 1070. The van der Waals surface area contributed by atoms with Crippen LogP contribution in [0.5, 0.6) is 0 Å². The molecule has 0 bridgehead atoms. The number of hydrogen-bond donors (Lipinski definition) is 3. The SMILES string of the molecule is Cc1ccccc1CC1(CNc2ncnc3[nH]ncc23)CCN(C(=O)O)CC1(F)F. The van der Waals surface area contributed by atoms with Gasteiger partial charge in [-0.05, 0) is 30.9 Å². The molecule has 0 aliphatic carbocycles. The Labute approximate surface area is 171 Å². The van der Waals surface area contributed by atoms with Crippen LogP contribution in [0.4, 0.5) is 19.4 Å². The number of amides is 1. The average Bonchev–Trinajstić information content (AvgIpc) is 3.19. The van der Waals surface area contributed by atoms with E-state index in [1.54, 1.807) is 0 Å². The summed E-state index contributed by atoms with van der Waals surface area (Å²) in [4.78, 5) is 20.3. The fourth-order valence-corrected chi connectivity index (χ4v) is 4.01. The molecule has 3 aromatic rings. The van der Waals surface area contributed by atoms with Crippen LogP contribution < -0.4 is 5.32 Å². The quantitative estimate of drug-likeness (QED) is 0.589. The summed E-state index contributed by atoms with van der Waals surface area (Å²) >= 11 is 0. The number of fused-ring (bicyclic) bond motifs is 1. The first kappa shape index (κ1) is 20.0. The number of aromatic nitrogens is 4. The molecule has 1 amide bonds. The second-order valence-corrected chi connectivity index (χ2v) is 7.75. The molecule has 1 fully saturated rings. The van der Waals surface area contributed by atoms with Crippen molar-refractivity contribution in [3.8, 4) is 0 Å². The number of aromatic amines is 1. The molecule has 0 radical (unpaired) electrons. The van der Waals surface area contributed by atoms with Gasteiger partial charge in [0.1, 0.15) is 12.1 Å². The van der Waals surface area contributed by atoms with Gasteiger partial charge in [0.2, 0.25) is 0 Å². The van der Waals surface area contributed by atoms with Crippen LogP contribution in [0.25, 0.3) is 11.0 Å². The molecular weight excluding hydrogens is 394 g/mol. The van der Waals surface area contributed by atoms with Crippen molar-refractivity contribution in [3.05, 3.63) is 47.9 Å². The van der Waals surface area contributed by atoms with Crippen molar-refractivity contribution in [2.24, 2.45) is 5.41 Å². The summed E-state index contributed by atoms with van der Waals surface area (Å²) in [7, 11) is 0. The minimum Gasteiger partial charge on any atom is -0.465 e. The van der Waals surface area contributed by atoms with Gasteiger partial charge in [-0.2, -0.15) is 5.10 Å². The van der Waals surface area contributed by atoms with Crippen molar-refractivity contribution in [3.63, 3.8) is 0 Å². The minimum absolute atomic E-state index is 0.0211. The number of nitrogens with zero attached hydrogens (tertiary/aromatic N) is 4. The number of alkyl halides is 2. The van der Waals surface area contributed by atoms with Gasteiger partial charge in [-0.1, -0.05) is 24.3 Å². The number of halogens is 2. The molecule has 158 valence electrons. The summed E-state index contributed by atoms with van der Waals surface area (Å²) < 4.78 is 31.0. The van der Waals surface area contributed by atoms with E-state index in [9.17, 15) is 9.90 Å². The zero-order valence-electron chi connectivity index (χ0n) is 16.4. The molecule has 3 N–H and O–H groups in total. The maximum absolute atomic E-state index is 15.5. The topological polar surface area (TPSA) is 107 Å². The lowest BCUT2D eigenvalue weighted by atomic mass is 9.70. The first-order chi connectivity index (χ1) is 14.3. The van der Waals surface area contributed by atoms with E-state index in [0.717, 1.165) is 16.0 Å². The van der Waals surface area contributed by atoms with E-state index in [2.05, 4.69) is 25.5 Å². The zero-order valence-corrected chi connectivity index (χ0v) is 16.4. The molecule has 1 aliphatic rings. The lowest BCUT2D eigenvalue weighted by Crippen LogP contribution is -2.60. The highest BCUT2D eigenvalue weighted by Crippen LogP contribution is 2.47. The number of rotatable bonds is 5. The highest BCUT2D eigenvalue weighted by Gasteiger charge is 2.57. The standard InChI is InChI=1S/C20H22F2N6O2/c1-13-4-2-3-5-14(13)8-19(6-7-28(18(29)30)11-20(19,21)22)10-23-16-15-9-26-27-17(15)25-12-24-16/h2-5,9,12H,6-8,10-11H2,1H3,(H,29,30)(H2,23,24,25,26,27). The van der Waals surface area contributed by atoms with Crippen molar-refractivity contribution < 1.29 is 18.7 Å². The predicted octanol–water partition coefficient (Wildman–Crippen LogP) is 3.32. The van der Waals surface area contributed by atoms with Gasteiger partial charge < -0.3 is 15.3 Å². The van der Waals surface area contributed by atoms with Crippen LogP contribution in [-0.4, -0.2) is 61.8 Å². The van der Waals surface area contributed by atoms with Gasteiger partial charge in [0, 0.05) is 13.1 Å². The highest BCUT2D eigenvalue weighted by molar-refractivity contribution is 5.85. The fourth-order valence-electron chi connectivity index (χ4n) is 4.01. The van der Waals surface area contributed by atoms with E-state index >= 15 is 8.78 Å². The molecule has 4 rings (SSSR count). The van der Waals surface area contributed by atoms with E-state index in [-0.39, 0.29) is 25.9 Å². The summed E-state index contributed by atoms with van der Waals surface area (Å²) in [6, 6.07) is 7.43. The zero-order chi connectivity index (χ0) is 21.4. The van der Waals surface area contributed by atoms with Crippen LogP contribution in [0.1, 0.15) is 17.5 Å². The molecule has 0 saturated carbocycles. The molecule has 1 atom stereocenters. The Morgan fingerprint density at radius 3 is 2.87 bits per heavy atom. The number of nitrogens with one attached hydrogen (secondary N) is 2. The van der Waals surface area contributed by atoms with Crippen molar-refractivity contribution in [2.75, 3.05) is 25.0 Å². The van der Waals surface area contributed by atoms with Crippen LogP contribution in [-0.2, 0) is 6.42 Å². The monoisotopic (exact) mass is 416 g/mol. The number of likely N-dealkylation sites (tertiary alicyclic amines) is 1. The van der Waals surface area contributed by atoms with Gasteiger partial charge in [0.25, 0.3) is 5.92 Å². The first-order valence-corrected chi connectivity index (χ1v) is 9.59. The third kappa shape index (κ3) is 3.53. The van der Waals surface area contributed by atoms with Crippen molar-refractivity contribution in [2.45, 2.75) is 25.7 Å². The molecule has 2 aromatic heterocycles. The maximum atomic E-state index is 15.5. The molecule has 1 aliphatic heterocycles. The average molecular weight is 416 g/mol. The number of piperidine rings is 1. The Balaban J connectivity index is 1.67. The predicted molar refractivity (Wildman–Crippen MR) is 107 cm³/mol. The lowest BCUT2D eigenvalue weighted by Gasteiger charge is -2.47. The van der Waals surface area contributed by atoms with Gasteiger partial charge in [-0.25, -0.2) is 23.5 Å². The van der Waals surface area contributed by atoms with Crippen LogP contribution in [0.2, 0.25) is 0 Å². The Morgan fingerprint density at radius 1 is 1.33 bits per heavy atom. The van der Waals surface area contributed by atoms with E-state index in [4.69, 9.17) is 0 Å². The molecule has 8 nitrogen and oxygen atoms in total. The number of carboxylic acid groups (broad SMARTS) is 1. The third-order valence-corrected chi connectivity index (χ3v) is 5.93. The van der Waals surface area contributed by atoms with Crippen LogP contribution in [0.15, 0.2) is 36.8 Å². The number of anilines is 1. The van der Waals surface area contributed by atoms with Crippen LogP contribution in [0.3, 0.4) is 0 Å². The number of H-pyrrole nitrogens is 1. The minimum atomic E-state index is -3.23. The molecule has 30 heavy (non-hydrogen) atoms. The maximum Gasteiger partial charge on any atom is 0.407 e. The van der Waals surface area contributed by atoms with Crippen LogP contribution >= 0.6 is 0 Å². The van der Waals surface area contributed by atoms with Gasteiger partial charge >= 0.3 is 6.09 Å². The molecule has 1 aromatic carbocycles. The van der Waals surface area contributed by atoms with E-state index in [0.29, 0.717) is 16.9 Å². The second-order valence-electron chi connectivity index (χ2n) is 7.75. The summed E-state index contributed by atoms with van der Waals surface area (Å²) in [5.41, 5.74) is 0.769. The molecule has 3 heterocycles. The Kier molecular flexibility index (Phi) is 5.00. The van der Waals surface area contributed by atoms with E-state index < -0.39 is 24.0 Å². The van der Waals surface area contributed by atoms with Crippen molar-refractivity contribution in [1.82, 2.24) is 25.1 Å². The normalized spacial score (nSPS) is 21.0. The van der Waals surface area contributed by atoms with Crippen molar-refractivity contribution >= 4 is 22.9 Å². The smallest absolute Gasteiger partial charge is 0.407 e. The van der Waals surface area contributed by atoms with E-state index in [1.807, 2.05) is 31.2 Å². The van der Waals surface area contributed by atoms with Crippen LogP contribution in [0, 0.1) is 12.3 Å². The lowest BCUT2D eigenvalue weighted by molar-refractivity contribution is -0.157. The largest absolute Gasteiger partial charge is 0.465 e. The molecule has 0 spiro atoms. The van der Waals surface area contributed by atoms with Gasteiger partial charge in [-0.15, -0.1) is 0 Å². The summed E-state index contributed by atoms with van der Waals surface area (Å²) in [5, 5.41) is 19.6. The molecular formula is C20H22F2N6O2. The second kappa shape index (κ2) is 7.51. The number of carbonyl (C=O) groups is 1.